The molecule has 19 heavy (non-hydrogen) atoms. The van der Waals surface area contributed by atoms with Crippen LogP contribution in [-0.4, -0.2) is 21.5 Å². The van der Waals surface area contributed by atoms with Crippen LogP contribution in [0.5, 0.6) is 0 Å². The Kier molecular flexibility index (Phi) is 2.47. The summed E-state index contributed by atoms with van der Waals surface area (Å²) < 4.78 is 18.4. The van der Waals surface area contributed by atoms with E-state index in [9.17, 15) is 0 Å². The fourth-order valence-corrected chi connectivity index (χ4v) is 16.8. The van der Waals surface area contributed by atoms with Gasteiger partial charge < -0.3 is 0 Å². The van der Waals surface area contributed by atoms with E-state index in [0.29, 0.717) is 0 Å². The van der Waals surface area contributed by atoms with Gasteiger partial charge in [-0.15, -0.1) is 0 Å². The quantitative estimate of drug-likeness (QED) is 0.590. The summed E-state index contributed by atoms with van der Waals surface area (Å²) in [5.74, 6) is 0. The van der Waals surface area contributed by atoms with Gasteiger partial charge in [-0.3, -0.25) is 0 Å². The van der Waals surface area contributed by atoms with Gasteiger partial charge in [0.15, 0.2) is 0 Å². The van der Waals surface area contributed by atoms with E-state index in [4.69, 9.17) is 8.41 Å². The van der Waals surface area contributed by atoms with Gasteiger partial charge in [0.25, 0.3) is 0 Å². The summed E-state index contributed by atoms with van der Waals surface area (Å²) in [6.45, 7) is 4.15. The van der Waals surface area contributed by atoms with Gasteiger partial charge in [0.05, 0.1) is 0 Å². The van der Waals surface area contributed by atoms with Crippen LogP contribution in [0.2, 0.25) is 0 Å². The van der Waals surface area contributed by atoms with Crippen molar-refractivity contribution >= 4 is 39.4 Å². The fraction of sp³-hybridized carbons (Fsp3) is 0.143. The summed E-state index contributed by atoms with van der Waals surface area (Å²) in [7, 11) is -3.10. The molecule has 3 aliphatic rings. The molecule has 3 aliphatic heterocycles. The molecule has 3 heterocycles. The predicted molar refractivity (Wildman–Crippen MR) is 77.6 cm³/mol. The minimum absolute atomic E-state index is 1.05. The third-order valence-corrected chi connectivity index (χ3v) is 18.3. The van der Waals surface area contributed by atoms with Crippen LogP contribution in [0, 0.1) is 13.8 Å². The van der Waals surface area contributed by atoms with E-state index in [-0.39, 0.29) is 0 Å². The molecule has 0 amide bonds. The molecule has 0 spiro atoms. The molecule has 5 heteroatoms. The van der Waals surface area contributed by atoms with Crippen LogP contribution >= 0.6 is 7.28 Å². The molecule has 2 aromatic carbocycles. The van der Waals surface area contributed by atoms with Gasteiger partial charge in [0.1, 0.15) is 0 Å². The molecule has 0 radical (unpaired) electrons. The Morgan fingerprint density at radius 1 is 0.684 bits per heavy atom. The van der Waals surface area contributed by atoms with Crippen LogP contribution in [0.25, 0.3) is 0 Å². The first kappa shape index (κ1) is 12.3. The van der Waals surface area contributed by atoms with Crippen molar-refractivity contribution in [1.82, 2.24) is 0 Å². The zero-order chi connectivity index (χ0) is 13.1. The molecular formula is C14H14O3PSb. The summed E-state index contributed by atoms with van der Waals surface area (Å²) in [4.78, 5) is 0. The van der Waals surface area contributed by atoms with Crippen molar-refractivity contribution in [1.29, 1.82) is 0 Å². The third kappa shape index (κ3) is 1.48. The topological polar surface area (TPSA) is 27.7 Å². The zero-order valence-corrected chi connectivity index (χ0v) is 14.2. The van der Waals surface area contributed by atoms with E-state index in [1.165, 1.54) is 11.1 Å². The van der Waals surface area contributed by atoms with Gasteiger partial charge in [-0.05, 0) is 0 Å². The van der Waals surface area contributed by atoms with E-state index < -0.39 is 28.8 Å². The molecule has 5 rings (SSSR count). The SMILES string of the molecule is Cc1ccc(P23(c4ccc(C)cc4)[O][Sb]([O]2)[O]3)cc1. The van der Waals surface area contributed by atoms with Gasteiger partial charge in [-0.2, -0.15) is 0 Å². The number of hydrogen-bond donors (Lipinski definition) is 0. The maximum absolute atomic E-state index is 6.12. The van der Waals surface area contributed by atoms with Crippen molar-refractivity contribution in [3.05, 3.63) is 59.7 Å². The number of rotatable bonds is 2. The van der Waals surface area contributed by atoms with Crippen LogP contribution in [0.4, 0.5) is 0 Å². The Labute approximate surface area is 121 Å². The predicted octanol–water partition coefficient (Wildman–Crippen LogP) is 2.61. The van der Waals surface area contributed by atoms with E-state index >= 15 is 0 Å². The Morgan fingerprint density at radius 2 is 1.05 bits per heavy atom. The number of benzene rings is 2. The van der Waals surface area contributed by atoms with Crippen molar-refractivity contribution in [3.8, 4) is 0 Å². The minimum atomic E-state index is -3.10. The van der Waals surface area contributed by atoms with Gasteiger partial charge >= 0.3 is 121 Å². The second-order valence-corrected chi connectivity index (χ2v) is 13.8. The zero-order valence-electron chi connectivity index (χ0n) is 10.7. The van der Waals surface area contributed by atoms with Gasteiger partial charge in [-0.1, -0.05) is 0 Å². The number of hydrogen-bond acceptors (Lipinski definition) is 3. The molecule has 0 aliphatic carbocycles. The molecule has 3 nitrogen and oxygen atoms in total. The van der Waals surface area contributed by atoms with Crippen molar-refractivity contribution in [3.63, 3.8) is 0 Å². The van der Waals surface area contributed by atoms with Gasteiger partial charge in [-0.25, -0.2) is 0 Å². The second kappa shape index (κ2) is 3.81. The molecule has 0 saturated carbocycles. The van der Waals surface area contributed by atoms with E-state index in [1.807, 2.05) is 0 Å². The van der Waals surface area contributed by atoms with Gasteiger partial charge in [0.2, 0.25) is 0 Å². The van der Waals surface area contributed by atoms with Crippen molar-refractivity contribution in [2.24, 2.45) is 0 Å². The molecule has 3 saturated heterocycles. The molecule has 0 unspecified atom stereocenters. The summed E-state index contributed by atoms with van der Waals surface area (Å²) >= 11 is -2.18. The molecule has 2 aromatic rings. The van der Waals surface area contributed by atoms with Gasteiger partial charge in [0, 0.05) is 0 Å². The Balaban J connectivity index is 1.89. The van der Waals surface area contributed by atoms with E-state index in [1.54, 1.807) is 0 Å². The van der Waals surface area contributed by atoms with Crippen LogP contribution < -0.4 is 10.6 Å². The molecule has 98 valence electrons. The van der Waals surface area contributed by atoms with Crippen LogP contribution in [0.15, 0.2) is 48.5 Å². The average molecular weight is 383 g/mol. The first-order chi connectivity index (χ1) is 9.11. The van der Waals surface area contributed by atoms with Crippen molar-refractivity contribution in [2.45, 2.75) is 13.8 Å². The molecule has 2 bridgehead atoms. The summed E-state index contributed by atoms with van der Waals surface area (Å²) in [6.07, 6.45) is 0. The second-order valence-electron chi connectivity index (χ2n) is 5.02. The first-order valence-electron chi connectivity index (χ1n) is 6.19. The van der Waals surface area contributed by atoms with Crippen LogP contribution in [-0.2, 0) is 8.41 Å². The summed E-state index contributed by atoms with van der Waals surface area (Å²) in [5.41, 5.74) is 2.45. The Hall–Kier alpha value is -0.432. The normalized spacial score (nSPS) is 24.6. The molecular weight excluding hydrogens is 369 g/mol. The monoisotopic (exact) mass is 382 g/mol. The standard InChI is InChI=1S/C14H14O3P.Sb/c1-11-3-7-13(8-4-11)18(15,16,17)14-9-5-12(2)6-10-14;/h3-10H,1-2H3;/q-3;+3. The van der Waals surface area contributed by atoms with Crippen molar-refractivity contribution < 1.29 is 8.41 Å². The third-order valence-electron chi connectivity index (χ3n) is 3.60. The Morgan fingerprint density at radius 3 is 1.32 bits per heavy atom. The fourth-order valence-electron chi connectivity index (χ4n) is 2.42. The van der Waals surface area contributed by atoms with E-state index in [0.717, 1.165) is 10.6 Å². The summed E-state index contributed by atoms with van der Waals surface area (Å²) in [6, 6.07) is 16.6. The number of aryl methyl sites for hydroxylation is 2. The molecule has 0 N–H and O–H groups in total. The van der Waals surface area contributed by atoms with Crippen molar-refractivity contribution in [2.75, 3.05) is 0 Å². The average Bonchev–Trinajstić information content (AvgIpc) is 2.31. The van der Waals surface area contributed by atoms with Crippen LogP contribution in [0.3, 0.4) is 0 Å². The first-order valence-corrected chi connectivity index (χ1v) is 11.3. The maximum atomic E-state index is 6.12. The van der Waals surface area contributed by atoms with Crippen LogP contribution in [0.1, 0.15) is 11.1 Å². The molecule has 0 aromatic heterocycles. The molecule has 0 atom stereocenters. The summed E-state index contributed by atoms with van der Waals surface area (Å²) in [5, 5.41) is 2.10. The Bertz CT molecular complexity index is 584. The molecule has 3 fully saturated rings. The van der Waals surface area contributed by atoms with E-state index in [2.05, 4.69) is 62.4 Å².